The molecule has 2 aromatic heterocycles. The van der Waals surface area contributed by atoms with Crippen LogP contribution in [0.25, 0.3) is 17.3 Å². The predicted octanol–water partition coefficient (Wildman–Crippen LogP) is 3.70. The van der Waals surface area contributed by atoms with Crippen molar-refractivity contribution in [2.75, 3.05) is 0 Å². The van der Waals surface area contributed by atoms with Gasteiger partial charge in [0, 0.05) is 11.3 Å². The second-order valence-corrected chi connectivity index (χ2v) is 7.30. The quantitative estimate of drug-likeness (QED) is 0.738. The molecule has 1 saturated carbocycles. The fraction of sp³-hybridized carbons (Fsp3) is 0.421. The molecule has 0 aliphatic heterocycles. The molecular weight excluding hydrogens is 369 g/mol. The van der Waals surface area contributed by atoms with E-state index in [1.54, 1.807) is 12.1 Å². The van der Waals surface area contributed by atoms with E-state index in [1.165, 1.54) is 12.1 Å². The van der Waals surface area contributed by atoms with E-state index in [-0.39, 0.29) is 18.2 Å². The first-order valence-corrected chi connectivity index (χ1v) is 9.14. The number of hydrogen-bond acceptors (Lipinski definition) is 5. The molecule has 0 radical (unpaired) electrons. The monoisotopic (exact) mass is 389 g/mol. The Balaban J connectivity index is 0.00000180. The van der Waals surface area contributed by atoms with Gasteiger partial charge in [-0.15, -0.1) is 12.4 Å². The van der Waals surface area contributed by atoms with Crippen molar-refractivity contribution in [3.8, 4) is 17.3 Å². The zero-order chi connectivity index (χ0) is 17.7. The molecule has 2 heterocycles. The first-order valence-electron chi connectivity index (χ1n) is 9.14. The van der Waals surface area contributed by atoms with Gasteiger partial charge in [-0.3, -0.25) is 0 Å². The number of nitrogens with two attached hydrogens (primary N) is 1. The zero-order valence-corrected chi connectivity index (χ0v) is 15.6. The van der Waals surface area contributed by atoms with Crippen molar-refractivity contribution in [1.29, 1.82) is 0 Å². The Bertz CT molecular complexity index is 959. The summed E-state index contributed by atoms with van der Waals surface area (Å²) < 4.78 is 20.7. The van der Waals surface area contributed by atoms with Gasteiger partial charge < -0.3 is 10.3 Å². The average Bonchev–Trinajstić information content (AvgIpc) is 3.40. The van der Waals surface area contributed by atoms with Crippen LogP contribution in [0.3, 0.4) is 0 Å². The Morgan fingerprint density at radius 2 is 1.81 bits per heavy atom. The molecule has 0 amide bonds. The summed E-state index contributed by atoms with van der Waals surface area (Å²) in [6, 6.07) is 6.36. The van der Waals surface area contributed by atoms with Crippen molar-refractivity contribution in [3.63, 3.8) is 0 Å². The van der Waals surface area contributed by atoms with Crippen LogP contribution in [-0.2, 0) is 18.4 Å². The van der Waals surface area contributed by atoms with Gasteiger partial charge in [0.05, 0.1) is 11.2 Å². The molecule has 6 nitrogen and oxygen atoms in total. The molecule has 2 aliphatic rings. The van der Waals surface area contributed by atoms with Gasteiger partial charge in [0.15, 0.2) is 11.5 Å². The van der Waals surface area contributed by atoms with Crippen LogP contribution in [0.15, 0.2) is 28.8 Å². The molecule has 0 atom stereocenters. The first-order chi connectivity index (χ1) is 12.6. The van der Waals surface area contributed by atoms with Crippen LogP contribution in [0, 0.1) is 5.82 Å². The number of nitrogens with zero attached hydrogens (tertiary/aromatic N) is 4. The maximum absolute atomic E-state index is 13.3. The van der Waals surface area contributed by atoms with Crippen molar-refractivity contribution >= 4 is 12.4 Å². The smallest absolute Gasteiger partial charge is 0.278 e. The summed E-state index contributed by atoms with van der Waals surface area (Å²) in [4.78, 5) is 4.59. The van der Waals surface area contributed by atoms with Crippen molar-refractivity contribution in [3.05, 3.63) is 47.2 Å². The third-order valence-electron chi connectivity index (χ3n) is 5.57. The fourth-order valence-electron chi connectivity index (χ4n) is 4.16. The molecule has 0 saturated heterocycles. The Kier molecular flexibility index (Phi) is 4.52. The van der Waals surface area contributed by atoms with Crippen molar-refractivity contribution in [1.82, 2.24) is 19.9 Å². The van der Waals surface area contributed by atoms with Crippen molar-refractivity contribution in [2.45, 2.75) is 50.5 Å². The van der Waals surface area contributed by atoms with Gasteiger partial charge in [0.25, 0.3) is 5.89 Å². The van der Waals surface area contributed by atoms with Crippen LogP contribution < -0.4 is 5.73 Å². The van der Waals surface area contributed by atoms with E-state index in [9.17, 15) is 4.39 Å². The van der Waals surface area contributed by atoms with Crippen LogP contribution in [-0.4, -0.2) is 19.9 Å². The highest BCUT2D eigenvalue weighted by Crippen LogP contribution is 2.37. The maximum atomic E-state index is 13.3. The summed E-state index contributed by atoms with van der Waals surface area (Å²) in [5, 5.41) is 8.88. The standard InChI is InChI=1S/C19H20FN5O.ClH/c20-12-6-8-13(9-7-12)25-15-5-3-4-14(15)16(23-25)17-22-18(24-26-17)19(21)10-1-2-11-19;/h6-9H,1-5,10-11,21H2;1H. The molecule has 8 heteroatoms. The second kappa shape index (κ2) is 6.73. The maximum Gasteiger partial charge on any atom is 0.278 e. The molecule has 5 rings (SSSR count). The van der Waals surface area contributed by atoms with E-state index < -0.39 is 5.54 Å². The minimum absolute atomic E-state index is 0. The molecule has 142 valence electrons. The lowest BCUT2D eigenvalue weighted by molar-refractivity contribution is 0.372. The van der Waals surface area contributed by atoms with Crippen LogP contribution in [0.2, 0.25) is 0 Å². The van der Waals surface area contributed by atoms with Gasteiger partial charge in [-0.05, 0) is 56.4 Å². The number of aromatic nitrogens is 4. The molecule has 27 heavy (non-hydrogen) atoms. The number of halogens is 2. The van der Waals surface area contributed by atoms with Gasteiger partial charge in [0.1, 0.15) is 5.82 Å². The summed E-state index contributed by atoms with van der Waals surface area (Å²) >= 11 is 0. The van der Waals surface area contributed by atoms with Gasteiger partial charge >= 0.3 is 0 Å². The average molecular weight is 390 g/mol. The Labute approximate surface area is 162 Å². The third kappa shape index (κ3) is 2.95. The van der Waals surface area contributed by atoms with Crippen LogP contribution in [0.1, 0.15) is 49.2 Å². The molecule has 2 N–H and O–H groups in total. The molecule has 0 bridgehead atoms. The van der Waals surface area contributed by atoms with E-state index in [1.807, 2.05) is 4.68 Å². The van der Waals surface area contributed by atoms with Gasteiger partial charge in [-0.1, -0.05) is 18.0 Å². The molecule has 1 aromatic carbocycles. The lowest BCUT2D eigenvalue weighted by Crippen LogP contribution is -2.34. The highest BCUT2D eigenvalue weighted by molar-refractivity contribution is 5.85. The summed E-state index contributed by atoms with van der Waals surface area (Å²) in [6.45, 7) is 0. The number of benzene rings is 1. The molecular formula is C19H21ClFN5O. The normalized spacial score (nSPS) is 17.7. The first kappa shape index (κ1) is 18.1. The van der Waals surface area contributed by atoms with E-state index in [0.29, 0.717) is 11.7 Å². The molecule has 0 unspecified atom stereocenters. The number of rotatable bonds is 3. The summed E-state index contributed by atoms with van der Waals surface area (Å²) in [7, 11) is 0. The highest BCUT2D eigenvalue weighted by atomic mass is 35.5. The van der Waals surface area contributed by atoms with Crippen LogP contribution >= 0.6 is 12.4 Å². The summed E-state index contributed by atoms with van der Waals surface area (Å²) in [5.41, 5.74) is 9.80. The molecule has 2 aliphatic carbocycles. The van der Waals surface area contributed by atoms with Crippen LogP contribution in [0.4, 0.5) is 4.39 Å². The van der Waals surface area contributed by atoms with Gasteiger partial charge in [-0.2, -0.15) is 10.1 Å². The summed E-state index contributed by atoms with van der Waals surface area (Å²) in [6.07, 6.45) is 6.87. The molecule has 1 fully saturated rings. The fourth-order valence-corrected chi connectivity index (χ4v) is 4.16. The van der Waals surface area contributed by atoms with Crippen molar-refractivity contribution in [2.24, 2.45) is 5.73 Å². The lowest BCUT2D eigenvalue weighted by Gasteiger charge is -2.17. The van der Waals surface area contributed by atoms with Crippen molar-refractivity contribution < 1.29 is 8.91 Å². The minimum atomic E-state index is -0.482. The number of hydrogen-bond donors (Lipinski definition) is 1. The minimum Gasteiger partial charge on any atom is -0.332 e. The Morgan fingerprint density at radius 3 is 2.56 bits per heavy atom. The van der Waals surface area contributed by atoms with Gasteiger partial charge in [0.2, 0.25) is 0 Å². The second-order valence-electron chi connectivity index (χ2n) is 7.30. The molecule has 3 aromatic rings. The molecule has 0 spiro atoms. The van der Waals surface area contributed by atoms with Gasteiger partial charge in [-0.25, -0.2) is 9.07 Å². The Morgan fingerprint density at radius 1 is 1.07 bits per heavy atom. The number of fused-ring (bicyclic) bond motifs is 1. The predicted molar refractivity (Wildman–Crippen MR) is 100 cm³/mol. The van der Waals surface area contributed by atoms with E-state index in [2.05, 4.69) is 10.1 Å². The van der Waals surface area contributed by atoms with E-state index in [4.69, 9.17) is 15.4 Å². The SMILES string of the molecule is Cl.NC1(c2noc(-c3nn(-c4ccc(F)cc4)c4c3CCC4)n2)CCCC1. The topological polar surface area (TPSA) is 82.8 Å². The van der Waals surface area contributed by atoms with E-state index >= 15 is 0 Å². The Hall–Kier alpha value is -2.25. The highest BCUT2D eigenvalue weighted by Gasteiger charge is 2.37. The lowest BCUT2D eigenvalue weighted by atomic mass is 9.99. The largest absolute Gasteiger partial charge is 0.332 e. The summed E-state index contributed by atoms with van der Waals surface area (Å²) in [5.74, 6) is 0.743. The van der Waals surface area contributed by atoms with E-state index in [0.717, 1.165) is 67.6 Å². The third-order valence-corrected chi connectivity index (χ3v) is 5.57. The zero-order valence-electron chi connectivity index (χ0n) is 14.8. The van der Waals surface area contributed by atoms with Crippen LogP contribution in [0.5, 0.6) is 0 Å².